The van der Waals surface area contributed by atoms with E-state index in [0.717, 1.165) is 18.4 Å². The van der Waals surface area contributed by atoms with Crippen LogP contribution in [0, 0.1) is 17.6 Å². The first-order valence-electron chi connectivity index (χ1n) is 18.3. The molecule has 4 N–H and O–H groups in total. The molecule has 3 aliphatic rings. The highest BCUT2D eigenvalue weighted by Gasteiger charge is 2.68. The molecule has 4 aromatic heterocycles. The van der Waals surface area contributed by atoms with Gasteiger partial charge in [-0.1, -0.05) is 23.5 Å². The number of hydrogen-bond acceptors (Lipinski definition) is 10. The van der Waals surface area contributed by atoms with Crippen LogP contribution in [0.2, 0.25) is 0 Å². The standard InChI is InChI=1S/C37H31F7N10O4S2/c1-53-30-19(4-3-5-20(30)33(51-53)52-60(2,57)58)21-12-25-34(49-35(59-25)46-18-10-26(55)45-13-18)48-29(21)24(8-15-6-16(38)9-17(39)7-15)47-27(56)14-54-32-28(31(50-54)37(42,43)44)22-11-23(22)36(32,40)41/h3-7,9,12,18,22-24H,8,10-11,13-14H2,1-2H3,(H,45,55)(H,47,56)(H,51,52)(H,46,48,49)/t18?,22-,23+,24?/m0/s1. The molecule has 5 heterocycles. The number of alkyl halides is 5. The topological polar surface area (TPSA) is 178 Å². The average molecular weight is 877 g/mol. The number of amides is 2. The molecule has 1 saturated heterocycles. The van der Waals surface area contributed by atoms with Crippen LogP contribution in [0.4, 0.5) is 41.7 Å². The second-order valence-corrected chi connectivity index (χ2v) is 17.9. The van der Waals surface area contributed by atoms with E-state index in [9.17, 15) is 40.0 Å². The monoisotopic (exact) mass is 876 g/mol. The maximum absolute atomic E-state index is 15.4. The molecule has 23 heteroatoms. The van der Waals surface area contributed by atoms with Gasteiger partial charge in [0.15, 0.2) is 22.3 Å². The fraction of sp³-hybridized carbons (Fsp3) is 0.351. The molecule has 2 aromatic carbocycles. The molecule has 2 fully saturated rings. The van der Waals surface area contributed by atoms with Gasteiger partial charge in [0.25, 0.3) is 5.92 Å². The van der Waals surface area contributed by atoms with E-state index in [1.165, 1.54) is 16.0 Å². The predicted octanol–water partition coefficient (Wildman–Crippen LogP) is 5.72. The third-order valence-electron chi connectivity index (χ3n) is 10.7. The van der Waals surface area contributed by atoms with E-state index in [4.69, 9.17) is 4.98 Å². The number of aryl methyl sites for hydroxylation is 1. The number of rotatable bonds is 11. The molecule has 1 aliphatic heterocycles. The minimum absolute atomic E-state index is 0.00376. The van der Waals surface area contributed by atoms with Crippen LogP contribution in [-0.4, -0.2) is 68.6 Å². The van der Waals surface area contributed by atoms with Gasteiger partial charge in [0, 0.05) is 54.1 Å². The van der Waals surface area contributed by atoms with Crippen LogP contribution in [0.15, 0.2) is 42.5 Å². The zero-order valence-electron chi connectivity index (χ0n) is 31.2. The number of pyridine rings is 1. The quantitative estimate of drug-likeness (QED) is 0.119. The van der Waals surface area contributed by atoms with E-state index in [-0.39, 0.29) is 53.9 Å². The van der Waals surface area contributed by atoms with Crippen molar-refractivity contribution in [2.45, 2.75) is 55.9 Å². The van der Waals surface area contributed by atoms with Gasteiger partial charge >= 0.3 is 6.18 Å². The average Bonchev–Trinajstić information content (AvgIpc) is 3.38. The molecule has 1 saturated carbocycles. The van der Waals surface area contributed by atoms with Crippen LogP contribution in [0.5, 0.6) is 0 Å². The number of fused-ring (bicyclic) bond motifs is 5. The summed E-state index contributed by atoms with van der Waals surface area (Å²) in [7, 11) is -2.24. The molecule has 9 rings (SSSR count). The van der Waals surface area contributed by atoms with E-state index in [2.05, 4.69) is 35.9 Å². The number of nitrogens with one attached hydrogen (secondary N) is 4. The molecule has 0 radical (unpaired) electrons. The molecule has 6 aromatic rings. The first kappa shape index (κ1) is 39.6. The van der Waals surface area contributed by atoms with Gasteiger partial charge in [0.1, 0.15) is 23.9 Å². The van der Waals surface area contributed by atoms with Gasteiger partial charge < -0.3 is 16.0 Å². The number of carbonyl (C=O) groups is 2. The zero-order chi connectivity index (χ0) is 42.6. The number of nitrogens with zero attached hydrogens (tertiary/aromatic N) is 6. The summed E-state index contributed by atoms with van der Waals surface area (Å²) in [4.78, 5) is 35.4. The van der Waals surface area contributed by atoms with Gasteiger partial charge in [0.05, 0.1) is 34.2 Å². The highest BCUT2D eigenvalue weighted by Crippen LogP contribution is 2.68. The van der Waals surface area contributed by atoms with Crippen LogP contribution < -0.4 is 20.7 Å². The number of thiazole rings is 1. The maximum atomic E-state index is 15.4. The van der Waals surface area contributed by atoms with E-state index in [1.807, 2.05) is 0 Å². The Morgan fingerprint density at radius 2 is 1.83 bits per heavy atom. The van der Waals surface area contributed by atoms with Crippen LogP contribution in [0.25, 0.3) is 32.4 Å². The maximum Gasteiger partial charge on any atom is 0.435 e. The lowest BCUT2D eigenvalue weighted by Crippen LogP contribution is -2.35. The normalized spacial score (nSPS) is 19.9. The fourth-order valence-electron chi connectivity index (χ4n) is 8.26. The Bertz CT molecular complexity index is 2870. The Morgan fingerprint density at radius 3 is 2.52 bits per heavy atom. The van der Waals surface area contributed by atoms with Crippen molar-refractivity contribution in [1.82, 2.24) is 40.2 Å². The molecular formula is C37H31F7N10O4S2. The van der Waals surface area contributed by atoms with Gasteiger partial charge in [-0.2, -0.15) is 32.1 Å². The Labute approximate surface area is 338 Å². The number of hydrogen-bond donors (Lipinski definition) is 4. The van der Waals surface area contributed by atoms with Crippen molar-refractivity contribution >= 4 is 65.4 Å². The van der Waals surface area contributed by atoms with Crippen molar-refractivity contribution in [2.75, 3.05) is 22.8 Å². The van der Waals surface area contributed by atoms with Gasteiger partial charge in [-0.3, -0.25) is 23.7 Å². The van der Waals surface area contributed by atoms with Crippen molar-refractivity contribution in [3.63, 3.8) is 0 Å². The molecule has 2 aliphatic carbocycles. The van der Waals surface area contributed by atoms with Gasteiger partial charge in [-0.15, -0.1) is 0 Å². The van der Waals surface area contributed by atoms with Crippen LogP contribution in [-0.2, 0) is 51.7 Å². The van der Waals surface area contributed by atoms with Gasteiger partial charge in [-0.05, 0) is 48.6 Å². The highest BCUT2D eigenvalue weighted by molar-refractivity contribution is 7.92. The summed E-state index contributed by atoms with van der Waals surface area (Å²) in [6, 6.07) is 7.57. The van der Waals surface area contributed by atoms with Crippen molar-refractivity contribution in [3.05, 3.63) is 82.3 Å². The van der Waals surface area contributed by atoms with Crippen molar-refractivity contribution in [2.24, 2.45) is 13.0 Å². The van der Waals surface area contributed by atoms with Gasteiger partial charge in [0.2, 0.25) is 21.8 Å². The highest BCUT2D eigenvalue weighted by atomic mass is 32.2. The summed E-state index contributed by atoms with van der Waals surface area (Å²) in [5.41, 5.74) is -1.84. The molecule has 2 unspecified atom stereocenters. The van der Waals surface area contributed by atoms with Gasteiger partial charge in [-0.25, -0.2) is 27.2 Å². The third kappa shape index (κ3) is 7.15. The Morgan fingerprint density at radius 1 is 1.08 bits per heavy atom. The second-order valence-electron chi connectivity index (χ2n) is 15.1. The molecule has 60 heavy (non-hydrogen) atoms. The lowest BCUT2D eigenvalue weighted by atomic mass is 9.94. The Balaban J connectivity index is 1.19. The number of para-hydroxylation sites is 1. The SMILES string of the molecule is Cn1nc(NS(C)(=O)=O)c2cccc(-c3cc4sc(NC5CNC(=O)C5)nc4nc3C(Cc3cc(F)cc(F)c3)NC(=O)Cn3nc(C(F)(F)F)c4c3C(F)(F)[C@@H]3C[C@H]43)c21. The third-order valence-corrected chi connectivity index (χ3v) is 12.2. The fourth-order valence-corrected chi connectivity index (χ4v) is 9.68. The lowest BCUT2D eigenvalue weighted by Gasteiger charge is -2.23. The summed E-state index contributed by atoms with van der Waals surface area (Å²) in [5.74, 6) is -9.22. The van der Waals surface area contributed by atoms with Crippen molar-refractivity contribution in [3.8, 4) is 11.1 Å². The zero-order valence-corrected chi connectivity index (χ0v) is 32.8. The number of benzene rings is 2. The van der Waals surface area contributed by atoms with Crippen molar-refractivity contribution < 1.29 is 48.7 Å². The molecule has 4 atom stereocenters. The number of halogens is 7. The van der Waals surface area contributed by atoms with Crippen LogP contribution in [0.3, 0.4) is 0 Å². The van der Waals surface area contributed by atoms with E-state index in [0.29, 0.717) is 49.2 Å². The largest absolute Gasteiger partial charge is 0.435 e. The summed E-state index contributed by atoms with van der Waals surface area (Å²) in [5, 5.41) is 17.1. The minimum Gasteiger partial charge on any atom is -0.356 e. The lowest BCUT2D eigenvalue weighted by molar-refractivity contribution is -0.142. The number of anilines is 2. The molecular weight excluding hydrogens is 846 g/mol. The molecule has 0 bridgehead atoms. The smallest absolute Gasteiger partial charge is 0.356 e. The summed E-state index contributed by atoms with van der Waals surface area (Å²) < 4.78 is 132. The van der Waals surface area contributed by atoms with Crippen LogP contribution >= 0.6 is 11.3 Å². The molecule has 314 valence electrons. The summed E-state index contributed by atoms with van der Waals surface area (Å²) in [6.07, 6.45) is -4.46. The van der Waals surface area contributed by atoms with E-state index >= 15 is 8.78 Å². The summed E-state index contributed by atoms with van der Waals surface area (Å²) >= 11 is 1.18. The molecule has 14 nitrogen and oxygen atoms in total. The molecule has 0 spiro atoms. The number of sulfonamides is 1. The first-order chi connectivity index (χ1) is 28.2. The minimum atomic E-state index is -5.08. The van der Waals surface area contributed by atoms with E-state index in [1.54, 1.807) is 31.3 Å². The Kier molecular flexibility index (Phi) is 9.15. The summed E-state index contributed by atoms with van der Waals surface area (Å²) in [6.45, 7) is -0.740. The van der Waals surface area contributed by atoms with Crippen molar-refractivity contribution in [1.29, 1.82) is 0 Å². The van der Waals surface area contributed by atoms with E-state index < -0.39 is 81.0 Å². The Hall–Kier alpha value is -5.84. The number of aromatic nitrogens is 6. The first-order valence-corrected chi connectivity index (χ1v) is 21.0. The predicted molar refractivity (Wildman–Crippen MR) is 204 cm³/mol. The molecule has 2 amide bonds. The van der Waals surface area contributed by atoms with Crippen LogP contribution in [0.1, 0.15) is 53.0 Å². The second kappa shape index (κ2) is 13.9. The number of carbonyl (C=O) groups excluding carboxylic acids is 2.